The van der Waals surface area contributed by atoms with E-state index in [4.69, 9.17) is 4.98 Å². The van der Waals surface area contributed by atoms with Gasteiger partial charge in [0.15, 0.2) is 0 Å². The molecule has 0 unspecified atom stereocenters. The Morgan fingerprint density at radius 2 is 1.88 bits per heavy atom. The summed E-state index contributed by atoms with van der Waals surface area (Å²) in [5.41, 5.74) is 4.09. The van der Waals surface area contributed by atoms with Crippen molar-refractivity contribution < 1.29 is 4.79 Å². The monoisotopic (exact) mass is 330 g/mol. The number of benzene rings is 2. The minimum atomic E-state index is -0.310. The van der Waals surface area contributed by atoms with Crippen molar-refractivity contribution in [2.24, 2.45) is 0 Å². The number of carbonyl (C=O) groups is 1. The molecule has 0 saturated carbocycles. The van der Waals surface area contributed by atoms with Gasteiger partial charge in [-0.05, 0) is 29.8 Å². The molecule has 7 heteroatoms. The summed E-state index contributed by atoms with van der Waals surface area (Å²) in [5.74, 6) is -0.182. The standard InChI is InChI=1S/C18H14N6O/c1-11-6-2-3-7-12(11)16-10-14(13-8-4-5-9-15(13)19-16)17(25)20-18-21-23-24-22-18/h2-10H,1H3,(H2,20,21,22,23,24,25). The number of carbonyl (C=O) groups excluding carboxylic acids is 1. The van der Waals surface area contributed by atoms with Crippen LogP contribution in [0.3, 0.4) is 0 Å². The van der Waals surface area contributed by atoms with Gasteiger partial charge in [-0.1, -0.05) is 47.6 Å². The smallest absolute Gasteiger partial charge is 0.270 e. The van der Waals surface area contributed by atoms with Crippen LogP contribution in [0, 0.1) is 6.92 Å². The summed E-state index contributed by atoms with van der Waals surface area (Å²) in [6.45, 7) is 2.02. The molecule has 0 radical (unpaired) electrons. The molecule has 4 rings (SSSR count). The van der Waals surface area contributed by atoms with E-state index in [-0.39, 0.29) is 11.9 Å². The van der Waals surface area contributed by atoms with Gasteiger partial charge < -0.3 is 0 Å². The molecule has 0 fully saturated rings. The number of H-pyrrole nitrogens is 1. The minimum Gasteiger partial charge on any atom is -0.288 e. The van der Waals surface area contributed by atoms with Crippen molar-refractivity contribution in [3.05, 3.63) is 65.7 Å². The molecule has 0 saturated heterocycles. The van der Waals surface area contributed by atoms with Crippen molar-refractivity contribution in [3.63, 3.8) is 0 Å². The molecule has 4 aromatic rings. The van der Waals surface area contributed by atoms with E-state index >= 15 is 0 Å². The second-order valence-electron chi connectivity index (χ2n) is 5.58. The van der Waals surface area contributed by atoms with Gasteiger partial charge in [0.25, 0.3) is 11.9 Å². The minimum absolute atomic E-state index is 0.128. The summed E-state index contributed by atoms with van der Waals surface area (Å²) in [6.07, 6.45) is 0. The van der Waals surface area contributed by atoms with Gasteiger partial charge in [-0.15, -0.1) is 5.10 Å². The molecule has 0 aliphatic carbocycles. The molecule has 0 atom stereocenters. The van der Waals surface area contributed by atoms with E-state index in [9.17, 15) is 4.79 Å². The molecular formula is C18H14N6O. The molecule has 7 nitrogen and oxygen atoms in total. The summed E-state index contributed by atoms with van der Waals surface area (Å²) in [6, 6.07) is 17.3. The summed E-state index contributed by atoms with van der Waals surface area (Å²) in [5, 5.41) is 16.7. The highest BCUT2D eigenvalue weighted by molar-refractivity contribution is 6.12. The van der Waals surface area contributed by atoms with Gasteiger partial charge in [0.2, 0.25) is 0 Å². The lowest BCUT2D eigenvalue weighted by Crippen LogP contribution is -2.14. The molecule has 2 N–H and O–H groups in total. The van der Waals surface area contributed by atoms with Crippen LogP contribution in [-0.2, 0) is 0 Å². The van der Waals surface area contributed by atoms with E-state index < -0.39 is 0 Å². The zero-order valence-electron chi connectivity index (χ0n) is 13.4. The first-order valence-corrected chi connectivity index (χ1v) is 7.73. The molecule has 25 heavy (non-hydrogen) atoms. The maximum atomic E-state index is 12.7. The van der Waals surface area contributed by atoms with E-state index in [1.165, 1.54) is 0 Å². The number of aryl methyl sites for hydroxylation is 1. The van der Waals surface area contributed by atoms with Crippen LogP contribution in [0.25, 0.3) is 22.2 Å². The van der Waals surface area contributed by atoms with E-state index in [0.717, 1.165) is 27.7 Å². The number of hydrogen-bond acceptors (Lipinski definition) is 5. The van der Waals surface area contributed by atoms with Crippen LogP contribution in [0.1, 0.15) is 15.9 Å². The zero-order valence-corrected chi connectivity index (χ0v) is 13.4. The van der Waals surface area contributed by atoms with Crippen molar-refractivity contribution in [1.82, 2.24) is 25.6 Å². The predicted molar refractivity (Wildman–Crippen MR) is 94.0 cm³/mol. The highest BCUT2D eigenvalue weighted by Gasteiger charge is 2.16. The number of anilines is 1. The Hall–Kier alpha value is -3.61. The first-order valence-electron chi connectivity index (χ1n) is 7.73. The number of nitrogens with zero attached hydrogens (tertiary/aromatic N) is 4. The Balaban J connectivity index is 1.87. The normalized spacial score (nSPS) is 10.8. The highest BCUT2D eigenvalue weighted by atomic mass is 16.1. The van der Waals surface area contributed by atoms with Crippen LogP contribution in [0.2, 0.25) is 0 Å². The molecular weight excluding hydrogens is 316 g/mol. The summed E-state index contributed by atoms with van der Waals surface area (Å²) in [7, 11) is 0. The third-order valence-corrected chi connectivity index (χ3v) is 3.95. The number of hydrogen-bond donors (Lipinski definition) is 2. The highest BCUT2D eigenvalue weighted by Crippen LogP contribution is 2.27. The van der Waals surface area contributed by atoms with E-state index in [1.807, 2.05) is 55.5 Å². The maximum absolute atomic E-state index is 12.7. The molecule has 0 spiro atoms. The van der Waals surface area contributed by atoms with Crippen molar-refractivity contribution in [2.75, 3.05) is 5.32 Å². The van der Waals surface area contributed by atoms with Gasteiger partial charge in [-0.25, -0.2) is 4.98 Å². The second kappa shape index (κ2) is 6.12. The van der Waals surface area contributed by atoms with Crippen LogP contribution >= 0.6 is 0 Å². The first-order chi connectivity index (χ1) is 12.2. The van der Waals surface area contributed by atoms with Crippen molar-refractivity contribution in [2.45, 2.75) is 6.92 Å². The lowest BCUT2D eigenvalue weighted by Gasteiger charge is -2.10. The van der Waals surface area contributed by atoms with E-state index in [1.54, 1.807) is 6.07 Å². The molecule has 0 aliphatic rings. The van der Waals surface area contributed by atoms with Gasteiger partial charge in [0, 0.05) is 10.9 Å². The number of fused-ring (bicyclic) bond motifs is 1. The predicted octanol–water partition coefficient (Wildman–Crippen LogP) is 2.98. The van der Waals surface area contributed by atoms with Crippen LogP contribution in [-0.4, -0.2) is 31.5 Å². The lowest BCUT2D eigenvalue weighted by molar-refractivity contribution is 0.102. The number of pyridine rings is 1. The Labute approximate surface area is 143 Å². The van der Waals surface area contributed by atoms with Crippen LogP contribution in [0.5, 0.6) is 0 Å². The largest absolute Gasteiger partial charge is 0.288 e. The quantitative estimate of drug-likeness (QED) is 0.602. The Morgan fingerprint density at radius 1 is 1.08 bits per heavy atom. The topological polar surface area (TPSA) is 96.5 Å². The number of rotatable bonds is 3. The Bertz CT molecular complexity index is 1060. The number of aromatic nitrogens is 5. The molecule has 2 heterocycles. The fourth-order valence-electron chi connectivity index (χ4n) is 2.75. The first kappa shape index (κ1) is 14.9. The van der Waals surface area contributed by atoms with Crippen LogP contribution < -0.4 is 5.32 Å². The average molecular weight is 330 g/mol. The molecule has 1 amide bonds. The van der Waals surface area contributed by atoms with Crippen molar-refractivity contribution in [1.29, 1.82) is 0 Å². The summed E-state index contributed by atoms with van der Waals surface area (Å²) in [4.78, 5) is 17.5. The van der Waals surface area contributed by atoms with Crippen molar-refractivity contribution in [3.8, 4) is 11.3 Å². The van der Waals surface area contributed by atoms with Gasteiger partial charge in [0.1, 0.15) is 0 Å². The summed E-state index contributed by atoms with van der Waals surface area (Å²) < 4.78 is 0. The number of nitrogens with one attached hydrogen (secondary N) is 2. The third-order valence-electron chi connectivity index (χ3n) is 3.95. The van der Waals surface area contributed by atoms with Crippen LogP contribution in [0.4, 0.5) is 5.95 Å². The number of para-hydroxylation sites is 1. The summed E-state index contributed by atoms with van der Waals surface area (Å²) >= 11 is 0. The van der Waals surface area contributed by atoms with Crippen molar-refractivity contribution >= 4 is 22.8 Å². The van der Waals surface area contributed by atoms with Gasteiger partial charge in [-0.3, -0.25) is 10.1 Å². The lowest BCUT2D eigenvalue weighted by atomic mass is 10.0. The molecule has 0 bridgehead atoms. The Kier molecular flexibility index (Phi) is 3.66. The molecule has 2 aromatic carbocycles. The number of tetrazole rings is 1. The second-order valence-corrected chi connectivity index (χ2v) is 5.58. The fourth-order valence-corrected chi connectivity index (χ4v) is 2.75. The fraction of sp³-hybridized carbons (Fsp3) is 0.0556. The van der Waals surface area contributed by atoms with Gasteiger partial charge in [-0.2, -0.15) is 5.21 Å². The average Bonchev–Trinajstić information content (AvgIpc) is 3.14. The molecule has 2 aromatic heterocycles. The van der Waals surface area contributed by atoms with E-state index in [2.05, 4.69) is 25.9 Å². The molecule has 0 aliphatic heterocycles. The molecule has 122 valence electrons. The van der Waals surface area contributed by atoms with Gasteiger partial charge in [0.05, 0.1) is 16.8 Å². The maximum Gasteiger partial charge on any atom is 0.270 e. The number of amides is 1. The van der Waals surface area contributed by atoms with Gasteiger partial charge >= 0.3 is 0 Å². The zero-order chi connectivity index (χ0) is 17.2. The van der Waals surface area contributed by atoms with E-state index in [0.29, 0.717) is 5.56 Å². The number of aromatic amines is 1. The Morgan fingerprint density at radius 3 is 2.68 bits per heavy atom. The third kappa shape index (κ3) is 2.83. The SMILES string of the molecule is Cc1ccccc1-c1cc(C(=O)Nc2nn[nH]n2)c2ccccc2n1. The van der Waals surface area contributed by atoms with Crippen LogP contribution in [0.15, 0.2) is 54.6 Å².